The highest BCUT2D eigenvalue weighted by atomic mass is 35.5. The highest BCUT2D eigenvalue weighted by molar-refractivity contribution is 8.00. The zero-order valence-corrected chi connectivity index (χ0v) is 13.2. The Bertz CT molecular complexity index is 258. The first-order valence-corrected chi connectivity index (χ1v) is 8.64. The van der Waals surface area contributed by atoms with Crippen LogP contribution in [0.2, 0.25) is 0 Å². The van der Waals surface area contributed by atoms with Crippen molar-refractivity contribution in [2.24, 2.45) is 5.92 Å². The minimum atomic E-state index is 0. The van der Waals surface area contributed by atoms with Crippen molar-refractivity contribution < 1.29 is 4.74 Å². The SMILES string of the molecule is C1CSC(CNC2CCCC2C2COCCN2)C1.Cl. The number of nitrogens with one attached hydrogen (secondary N) is 2. The van der Waals surface area contributed by atoms with Crippen LogP contribution in [0.25, 0.3) is 0 Å². The summed E-state index contributed by atoms with van der Waals surface area (Å²) in [6.45, 7) is 4.06. The Morgan fingerprint density at radius 3 is 2.89 bits per heavy atom. The van der Waals surface area contributed by atoms with E-state index in [0.717, 1.165) is 37.0 Å². The molecule has 0 aromatic carbocycles. The molecular formula is C14H27ClN2OS. The molecule has 4 unspecified atom stereocenters. The molecule has 2 aliphatic heterocycles. The second kappa shape index (κ2) is 8.08. The predicted octanol–water partition coefficient (Wildman–Crippen LogP) is 2.05. The predicted molar refractivity (Wildman–Crippen MR) is 84.5 cm³/mol. The third kappa shape index (κ3) is 4.24. The lowest BCUT2D eigenvalue weighted by Crippen LogP contribution is -2.51. The van der Waals surface area contributed by atoms with E-state index < -0.39 is 0 Å². The van der Waals surface area contributed by atoms with Crippen LogP contribution in [0, 0.1) is 5.92 Å². The van der Waals surface area contributed by atoms with Gasteiger partial charge in [0.05, 0.1) is 13.2 Å². The molecule has 2 N–H and O–H groups in total. The van der Waals surface area contributed by atoms with E-state index in [4.69, 9.17) is 4.74 Å². The number of hydrogen-bond acceptors (Lipinski definition) is 4. The molecule has 112 valence electrons. The van der Waals surface area contributed by atoms with Gasteiger partial charge in [-0.25, -0.2) is 0 Å². The van der Waals surface area contributed by atoms with E-state index >= 15 is 0 Å². The Morgan fingerprint density at radius 2 is 2.16 bits per heavy atom. The standard InChI is InChI=1S/C14H26N2OS.ClH/c1-4-12(14-10-17-7-6-15-14)13(5-1)16-9-11-3-2-8-18-11;/h11-16H,1-10H2;1H. The van der Waals surface area contributed by atoms with Crippen LogP contribution in [0.15, 0.2) is 0 Å². The molecule has 19 heavy (non-hydrogen) atoms. The fourth-order valence-corrected chi connectivity index (χ4v) is 4.89. The number of thioether (sulfide) groups is 1. The summed E-state index contributed by atoms with van der Waals surface area (Å²) in [5.74, 6) is 2.16. The lowest BCUT2D eigenvalue weighted by Gasteiger charge is -2.33. The molecule has 4 atom stereocenters. The molecule has 0 amide bonds. The van der Waals surface area contributed by atoms with E-state index in [2.05, 4.69) is 22.4 Å². The first kappa shape index (κ1) is 15.9. The Hall–Kier alpha value is 0.520. The summed E-state index contributed by atoms with van der Waals surface area (Å²) in [5.41, 5.74) is 0. The van der Waals surface area contributed by atoms with E-state index in [9.17, 15) is 0 Å². The zero-order valence-electron chi connectivity index (χ0n) is 11.6. The van der Waals surface area contributed by atoms with Gasteiger partial charge in [-0.15, -0.1) is 12.4 Å². The van der Waals surface area contributed by atoms with Gasteiger partial charge in [0.2, 0.25) is 0 Å². The molecule has 3 aliphatic rings. The van der Waals surface area contributed by atoms with Crippen LogP contribution in [-0.4, -0.2) is 49.4 Å². The molecular weight excluding hydrogens is 280 g/mol. The van der Waals surface area contributed by atoms with Gasteiger partial charge in [-0.05, 0) is 37.4 Å². The molecule has 0 radical (unpaired) electrons. The van der Waals surface area contributed by atoms with Crippen molar-refractivity contribution >= 4 is 24.2 Å². The lowest BCUT2D eigenvalue weighted by atomic mass is 9.94. The zero-order chi connectivity index (χ0) is 12.2. The maximum atomic E-state index is 5.63. The van der Waals surface area contributed by atoms with Gasteiger partial charge in [-0.2, -0.15) is 11.8 Å². The van der Waals surface area contributed by atoms with Gasteiger partial charge in [-0.1, -0.05) is 6.42 Å². The van der Waals surface area contributed by atoms with Gasteiger partial charge < -0.3 is 15.4 Å². The first-order chi connectivity index (χ1) is 8.93. The number of hydrogen-bond donors (Lipinski definition) is 2. The van der Waals surface area contributed by atoms with Gasteiger partial charge in [0, 0.05) is 30.4 Å². The van der Waals surface area contributed by atoms with Crippen molar-refractivity contribution in [3.63, 3.8) is 0 Å². The van der Waals surface area contributed by atoms with Crippen LogP contribution in [0.1, 0.15) is 32.1 Å². The molecule has 0 aromatic heterocycles. The summed E-state index contributed by atoms with van der Waals surface area (Å²) in [7, 11) is 0. The van der Waals surface area contributed by atoms with Crippen molar-refractivity contribution in [1.82, 2.24) is 10.6 Å². The average Bonchev–Trinajstić information content (AvgIpc) is 3.09. The number of rotatable bonds is 4. The molecule has 0 spiro atoms. The summed E-state index contributed by atoms with van der Waals surface area (Å²) >= 11 is 2.16. The highest BCUT2D eigenvalue weighted by Gasteiger charge is 2.34. The van der Waals surface area contributed by atoms with Crippen LogP contribution in [0.4, 0.5) is 0 Å². The quantitative estimate of drug-likeness (QED) is 0.833. The smallest absolute Gasteiger partial charge is 0.0623 e. The fraction of sp³-hybridized carbons (Fsp3) is 1.00. The van der Waals surface area contributed by atoms with Crippen molar-refractivity contribution in [3.05, 3.63) is 0 Å². The molecule has 3 fully saturated rings. The Labute approximate surface area is 127 Å². The van der Waals surface area contributed by atoms with Crippen molar-refractivity contribution in [3.8, 4) is 0 Å². The number of morpholine rings is 1. The van der Waals surface area contributed by atoms with Gasteiger partial charge in [-0.3, -0.25) is 0 Å². The molecule has 0 bridgehead atoms. The van der Waals surface area contributed by atoms with E-state index in [-0.39, 0.29) is 12.4 Å². The molecule has 1 saturated carbocycles. The normalized spacial score (nSPS) is 39.2. The van der Waals surface area contributed by atoms with Crippen molar-refractivity contribution in [2.45, 2.75) is 49.4 Å². The number of halogens is 1. The summed E-state index contributed by atoms with van der Waals surface area (Å²) in [4.78, 5) is 0. The minimum absolute atomic E-state index is 0. The second-order valence-electron chi connectivity index (χ2n) is 5.88. The summed E-state index contributed by atoms with van der Waals surface area (Å²) in [5, 5.41) is 8.38. The Kier molecular flexibility index (Phi) is 6.76. The summed E-state index contributed by atoms with van der Waals surface area (Å²) < 4.78 is 5.63. The minimum Gasteiger partial charge on any atom is -0.379 e. The van der Waals surface area contributed by atoms with E-state index in [1.165, 1.54) is 44.4 Å². The van der Waals surface area contributed by atoms with E-state index in [0.29, 0.717) is 6.04 Å². The molecule has 2 heterocycles. The van der Waals surface area contributed by atoms with Crippen molar-refractivity contribution in [2.75, 3.05) is 32.1 Å². The summed E-state index contributed by atoms with van der Waals surface area (Å²) in [6, 6.07) is 1.32. The van der Waals surface area contributed by atoms with Crippen LogP contribution in [0.5, 0.6) is 0 Å². The van der Waals surface area contributed by atoms with Crippen molar-refractivity contribution in [1.29, 1.82) is 0 Å². The van der Waals surface area contributed by atoms with Crippen LogP contribution < -0.4 is 10.6 Å². The molecule has 3 rings (SSSR count). The lowest BCUT2D eigenvalue weighted by molar-refractivity contribution is 0.0526. The Morgan fingerprint density at radius 1 is 1.21 bits per heavy atom. The van der Waals surface area contributed by atoms with Crippen LogP contribution in [-0.2, 0) is 4.74 Å². The van der Waals surface area contributed by atoms with Gasteiger partial charge in [0.15, 0.2) is 0 Å². The van der Waals surface area contributed by atoms with Gasteiger partial charge in [0.1, 0.15) is 0 Å². The van der Waals surface area contributed by atoms with Gasteiger partial charge in [0.25, 0.3) is 0 Å². The molecule has 5 heteroatoms. The second-order valence-corrected chi connectivity index (χ2v) is 7.29. The topological polar surface area (TPSA) is 33.3 Å². The maximum Gasteiger partial charge on any atom is 0.0623 e. The first-order valence-electron chi connectivity index (χ1n) is 7.59. The third-order valence-corrected chi connectivity index (χ3v) is 6.07. The Balaban J connectivity index is 0.00000133. The average molecular weight is 307 g/mol. The summed E-state index contributed by atoms with van der Waals surface area (Å²) in [6.07, 6.45) is 6.96. The third-order valence-electron chi connectivity index (χ3n) is 4.67. The monoisotopic (exact) mass is 306 g/mol. The van der Waals surface area contributed by atoms with E-state index in [1.807, 2.05) is 0 Å². The molecule has 1 aliphatic carbocycles. The molecule has 2 saturated heterocycles. The number of ether oxygens (including phenoxy) is 1. The largest absolute Gasteiger partial charge is 0.379 e. The molecule has 0 aromatic rings. The van der Waals surface area contributed by atoms with Crippen LogP contribution >= 0.6 is 24.2 Å². The highest BCUT2D eigenvalue weighted by Crippen LogP contribution is 2.31. The molecule has 3 nitrogen and oxygen atoms in total. The van der Waals surface area contributed by atoms with Crippen LogP contribution in [0.3, 0.4) is 0 Å². The van der Waals surface area contributed by atoms with E-state index in [1.54, 1.807) is 0 Å². The van der Waals surface area contributed by atoms with Gasteiger partial charge >= 0.3 is 0 Å². The maximum absolute atomic E-state index is 5.63. The fourth-order valence-electron chi connectivity index (χ4n) is 3.67.